The van der Waals surface area contributed by atoms with Gasteiger partial charge in [0.1, 0.15) is 5.82 Å². The van der Waals surface area contributed by atoms with Gasteiger partial charge in [-0.25, -0.2) is 4.79 Å². The normalized spacial score (nSPS) is 12.5. The van der Waals surface area contributed by atoms with Crippen LogP contribution in [0, 0.1) is 0 Å². The molecule has 1 aromatic heterocycles. The van der Waals surface area contributed by atoms with Crippen molar-refractivity contribution in [2.45, 2.75) is 0 Å². The van der Waals surface area contributed by atoms with Crippen molar-refractivity contribution in [3.8, 4) is 0 Å². The number of nitrogens with zero attached hydrogens (tertiary/aromatic N) is 2. The van der Waals surface area contributed by atoms with E-state index in [1.54, 1.807) is 0 Å². The Hall–Kier alpha value is -1.17. The molecular weight excluding hydrogens is 183 g/mol. The topological polar surface area (TPSA) is 116 Å². The number of hydrogen-bond acceptors (Lipinski definition) is 6. The van der Waals surface area contributed by atoms with Crippen LogP contribution in [0.1, 0.15) is 0 Å². The first kappa shape index (κ1) is 8.92. The van der Waals surface area contributed by atoms with Gasteiger partial charge in [-0.2, -0.15) is 4.98 Å². The zero-order chi connectivity index (χ0) is 9.14. The average molecular weight is 190 g/mol. The number of nitrogen functional groups attached to an aromatic ring is 1. The van der Waals surface area contributed by atoms with Gasteiger partial charge in [-0.15, -0.1) is 4.73 Å². The quantitative estimate of drug-likeness (QED) is 0.485. The van der Waals surface area contributed by atoms with Gasteiger partial charge in [-0.1, -0.05) is 0 Å². The Balaban J connectivity index is 2.94. The Bertz CT molecular complexity index is 324. The van der Waals surface area contributed by atoms with Crippen molar-refractivity contribution in [2.24, 2.45) is 5.50 Å². The summed E-state index contributed by atoms with van der Waals surface area (Å²) in [6, 6.07) is 1.35. The van der Waals surface area contributed by atoms with E-state index in [1.165, 1.54) is 12.3 Å². The Labute approximate surface area is 68.5 Å². The molecule has 1 aromatic rings. The van der Waals surface area contributed by atoms with Crippen LogP contribution < -0.4 is 21.6 Å². The van der Waals surface area contributed by atoms with Crippen LogP contribution in [-0.4, -0.2) is 14.6 Å². The van der Waals surface area contributed by atoms with Crippen LogP contribution >= 0.6 is 8.53 Å². The largest absolute Gasteiger partial charge is 0.383 e. The number of aromatic nitrogens is 2. The highest BCUT2D eigenvalue weighted by Gasteiger charge is 2.02. The molecule has 5 N–H and O–H groups in total. The standard InChI is InChI=1S/C4H7N4O3P/c5-3-1-2-8(4(9)7-3)11-12(6)10/h1-2,10H,6H2,(H2,5,7,9). The van der Waals surface area contributed by atoms with Crippen molar-refractivity contribution in [1.29, 1.82) is 0 Å². The third kappa shape index (κ3) is 2.16. The number of nitrogens with two attached hydrogens (primary N) is 2. The van der Waals surface area contributed by atoms with Crippen molar-refractivity contribution in [1.82, 2.24) is 9.71 Å². The molecule has 66 valence electrons. The predicted octanol–water partition coefficient (Wildman–Crippen LogP) is -1.57. The summed E-state index contributed by atoms with van der Waals surface area (Å²) in [6.07, 6.45) is 1.23. The minimum Gasteiger partial charge on any atom is -0.383 e. The molecule has 0 saturated heterocycles. The molecule has 1 atom stereocenters. The second kappa shape index (κ2) is 3.48. The van der Waals surface area contributed by atoms with Crippen LogP contribution in [0.15, 0.2) is 17.1 Å². The highest BCUT2D eigenvalue weighted by molar-refractivity contribution is 7.43. The molecule has 0 aromatic carbocycles. The van der Waals surface area contributed by atoms with E-state index in [0.29, 0.717) is 4.73 Å². The highest BCUT2D eigenvalue weighted by atomic mass is 31.2. The fourth-order valence-corrected chi connectivity index (χ4v) is 0.862. The third-order valence-electron chi connectivity index (χ3n) is 0.966. The van der Waals surface area contributed by atoms with E-state index in [0.717, 1.165) is 0 Å². The molecule has 0 aliphatic rings. The smallest absolute Gasteiger partial charge is 0.382 e. The van der Waals surface area contributed by atoms with Gasteiger partial charge in [0, 0.05) is 6.07 Å². The van der Waals surface area contributed by atoms with E-state index in [-0.39, 0.29) is 5.82 Å². The summed E-state index contributed by atoms with van der Waals surface area (Å²) < 4.78 is 5.19. The second-order valence-corrected chi connectivity index (χ2v) is 2.61. The van der Waals surface area contributed by atoms with Crippen molar-refractivity contribution < 1.29 is 9.52 Å². The Morgan fingerprint density at radius 3 is 2.92 bits per heavy atom. The molecule has 0 radical (unpaired) electrons. The molecule has 8 heteroatoms. The van der Waals surface area contributed by atoms with Crippen LogP contribution in [0.5, 0.6) is 0 Å². The van der Waals surface area contributed by atoms with Crippen LogP contribution in [0.4, 0.5) is 5.82 Å². The molecule has 12 heavy (non-hydrogen) atoms. The van der Waals surface area contributed by atoms with Crippen molar-refractivity contribution >= 4 is 14.3 Å². The summed E-state index contributed by atoms with van der Waals surface area (Å²) in [6.45, 7) is 0. The van der Waals surface area contributed by atoms with Crippen LogP contribution in [0.3, 0.4) is 0 Å². The molecule has 7 nitrogen and oxygen atoms in total. The van der Waals surface area contributed by atoms with Gasteiger partial charge >= 0.3 is 14.2 Å². The molecule has 0 saturated carbocycles. The van der Waals surface area contributed by atoms with Gasteiger partial charge in [-0.05, 0) is 0 Å². The van der Waals surface area contributed by atoms with Crippen molar-refractivity contribution in [2.75, 3.05) is 5.73 Å². The zero-order valence-corrected chi connectivity index (χ0v) is 6.81. The summed E-state index contributed by atoms with van der Waals surface area (Å²) >= 11 is 0. The van der Waals surface area contributed by atoms with Gasteiger partial charge in [0.05, 0.1) is 6.20 Å². The maximum Gasteiger partial charge on any atom is 0.382 e. The van der Waals surface area contributed by atoms with Gasteiger partial charge in [0.2, 0.25) is 0 Å². The summed E-state index contributed by atoms with van der Waals surface area (Å²) in [5, 5.41) is 0. The summed E-state index contributed by atoms with van der Waals surface area (Å²) in [5.74, 6) is 0.0825. The van der Waals surface area contributed by atoms with Crippen LogP contribution in [0.2, 0.25) is 0 Å². The number of rotatable bonds is 2. The maximum atomic E-state index is 10.9. The zero-order valence-electron chi connectivity index (χ0n) is 5.91. The molecule has 0 aliphatic heterocycles. The van der Waals surface area contributed by atoms with Gasteiger partial charge in [-0.3, -0.25) is 5.50 Å². The van der Waals surface area contributed by atoms with Crippen molar-refractivity contribution in [3.05, 3.63) is 22.7 Å². The molecule has 0 aliphatic carbocycles. The van der Waals surface area contributed by atoms with E-state index >= 15 is 0 Å². The first-order chi connectivity index (χ1) is 5.59. The lowest BCUT2D eigenvalue weighted by Gasteiger charge is -2.06. The van der Waals surface area contributed by atoms with E-state index in [2.05, 4.69) is 9.61 Å². The summed E-state index contributed by atoms with van der Waals surface area (Å²) in [4.78, 5) is 22.8. The lowest BCUT2D eigenvalue weighted by Crippen LogP contribution is -2.27. The third-order valence-corrected chi connectivity index (χ3v) is 1.31. The molecule has 0 spiro atoms. The first-order valence-electron chi connectivity index (χ1n) is 2.87. The lowest BCUT2D eigenvalue weighted by atomic mass is 10.6. The fraction of sp³-hybridized carbons (Fsp3) is 0. The Morgan fingerprint density at radius 2 is 2.42 bits per heavy atom. The fourth-order valence-electron chi connectivity index (χ4n) is 0.557. The predicted molar refractivity (Wildman–Crippen MR) is 42.8 cm³/mol. The lowest BCUT2D eigenvalue weighted by molar-refractivity contribution is 0.254. The summed E-state index contributed by atoms with van der Waals surface area (Å²) in [7, 11) is -2.12. The summed E-state index contributed by atoms with van der Waals surface area (Å²) in [5.41, 5.74) is 9.38. The molecule has 0 amide bonds. The monoisotopic (exact) mass is 190 g/mol. The minimum absolute atomic E-state index is 0.0825. The van der Waals surface area contributed by atoms with E-state index in [9.17, 15) is 4.79 Å². The van der Waals surface area contributed by atoms with Gasteiger partial charge < -0.3 is 15.3 Å². The molecular formula is C4H7N4O3P. The van der Waals surface area contributed by atoms with E-state index in [4.69, 9.17) is 16.1 Å². The van der Waals surface area contributed by atoms with Gasteiger partial charge in [0.15, 0.2) is 0 Å². The number of anilines is 1. The SMILES string of the molecule is Nc1ccn(OP(N)O)c(=O)n1. The maximum absolute atomic E-state index is 10.9. The number of hydrogen-bond donors (Lipinski definition) is 3. The minimum atomic E-state index is -2.12. The molecule has 0 fully saturated rings. The average Bonchev–Trinajstić information content (AvgIpc) is 1.94. The van der Waals surface area contributed by atoms with Crippen LogP contribution in [-0.2, 0) is 0 Å². The van der Waals surface area contributed by atoms with E-state index < -0.39 is 14.2 Å². The highest BCUT2D eigenvalue weighted by Crippen LogP contribution is 2.12. The molecule has 1 unspecified atom stereocenters. The second-order valence-electron chi connectivity index (χ2n) is 1.84. The van der Waals surface area contributed by atoms with Crippen molar-refractivity contribution in [3.63, 3.8) is 0 Å². The van der Waals surface area contributed by atoms with Crippen LogP contribution in [0.25, 0.3) is 0 Å². The Kier molecular flexibility index (Phi) is 2.59. The van der Waals surface area contributed by atoms with E-state index in [1.807, 2.05) is 0 Å². The molecule has 0 bridgehead atoms. The first-order valence-corrected chi connectivity index (χ1v) is 4.15. The Morgan fingerprint density at radius 1 is 1.75 bits per heavy atom. The van der Waals surface area contributed by atoms with Gasteiger partial charge in [0.25, 0.3) is 0 Å². The molecule has 1 heterocycles. The molecule has 1 rings (SSSR count).